The van der Waals surface area contributed by atoms with Crippen molar-refractivity contribution in [2.24, 2.45) is 5.16 Å². The lowest BCUT2D eigenvalue weighted by Gasteiger charge is -2.49. The largest absolute Gasteiger partial charge is 0.539 e. The molecule has 0 aromatic carbocycles. The van der Waals surface area contributed by atoms with Gasteiger partial charge in [-0.3, -0.25) is 18.7 Å². The molecule has 0 aliphatic carbocycles. The Balaban J connectivity index is 1.87. The first-order valence-corrected chi connectivity index (χ1v) is 15.0. The molecular formula is C22H26BIN4O8S2. The fourth-order valence-corrected chi connectivity index (χ4v) is 6.76. The van der Waals surface area contributed by atoms with E-state index >= 15 is 0 Å². The van der Waals surface area contributed by atoms with Gasteiger partial charge in [-0.15, -0.1) is 11.3 Å². The highest BCUT2D eigenvalue weighted by atomic mass is 127. The summed E-state index contributed by atoms with van der Waals surface area (Å²) in [4.78, 5) is 61.9. The first-order chi connectivity index (χ1) is 17.6. The van der Waals surface area contributed by atoms with Crippen LogP contribution in [0.5, 0.6) is 0 Å². The fraction of sp³-hybridized carbons (Fsp3) is 0.545. The van der Waals surface area contributed by atoms with Crippen LogP contribution in [0.4, 0.5) is 0 Å². The minimum Gasteiger partial charge on any atom is -0.539 e. The number of ether oxygens (including phenoxy) is 1. The number of hydrogen-bond donors (Lipinski definition) is 1. The molecule has 204 valence electrons. The van der Waals surface area contributed by atoms with E-state index in [1.165, 1.54) is 25.2 Å². The lowest BCUT2D eigenvalue weighted by molar-refractivity contribution is -0.179. The molecule has 1 fully saturated rings. The molecule has 0 saturated carbocycles. The summed E-state index contributed by atoms with van der Waals surface area (Å²) >= 11 is 3.23. The smallest absolute Gasteiger partial charge is 0.378 e. The van der Waals surface area contributed by atoms with Crippen molar-refractivity contribution >= 4 is 82.2 Å². The first kappa shape index (κ1) is 30.2. The first-order valence-electron chi connectivity index (χ1n) is 11.2. The molecule has 1 aromatic heterocycles. The van der Waals surface area contributed by atoms with E-state index in [1.54, 1.807) is 33.1 Å². The van der Waals surface area contributed by atoms with Gasteiger partial charge in [-0.25, -0.2) is 14.6 Å². The van der Waals surface area contributed by atoms with Crippen LogP contribution in [0.3, 0.4) is 0 Å². The molecule has 3 heterocycles. The number of aromatic nitrogens is 1. The third-order valence-electron chi connectivity index (χ3n) is 5.29. The van der Waals surface area contributed by atoms with Crippen molar-refractivity contribution in [3.63, 3.8) is 0 Å². The molecule has 12 nitrogen and oxygen atoms in total. The Morgan fingerprint density at radius 1 is 1.32 bits per heavy atom. The maximum atomic E-state index is 13.3. The SMILES string of the molecule is [B]OC(=O)C1=C(CI)CS(=O)[C@@H]2[C@H](NC(=O)/C(=N/OC(C)(C)C(=O)OC(C)(C)C)c3csc(C)n3)C(=O)N12. The van der Waals surface area contributed by atoms with Gasteiger partial charge in [-0.1, -0.05) is 27.7 Å². The summed E-state index contributed by atoms with van der Waals surface area (Å²) in [5, 5.41) is 7.63. The van der Waals surface area contributed by atoms with Crippen LogP contribution in [0.15, 0.2) is 21.8 Å². The van der Waals surface area contributed by atoms with Gasteiger partial charge in [-0.2, -0.15) is 0 Å². The van der Waals surface area contributed by atoms with Gasteiger partial charge < -0.3 is 19.5 Å². The number of alkyl halides is 1. The number of nitrogens with one attached hydrogen (secondary N) is 1. The number of amides is 2. The maximum absolute atomic E-state index is 13.3. The highest BCUT2D eigenvalue weighted by Crippen LogP contribution is 2.36. The van der Waals surface area contributed by atoms with Crippen molar-refractivity contribution in [3.8, 4) is 0 Å². The van der Waals surface area contributed by atoms with E-state index in [-0.39, 0.29) is 22.9 Å². The van der Waals surface area contributed by atoms with Crippen LogP contribution in [0, 0.1) is 6.92 Å². The molecule has 2 radical (unpaired) electrons. The number of fused-ring (bicyclic) bond motifs is 1. The number of esters is 1. The van der Waals surface area contributed by atoms with E-state index in [1.807, 2.05) is 22.6 Å². The number of halogens is 1. The quantitative estimate of drug-likeness (QED) is 0.0810. The van der Waals surface area contributed by atoms with Crippen LogP contribution >= 0.6 is 33.9 Å². The number of thiazole rings is 1. The third-order valence-corrected chi connectivity index (χ3v) is 8.63. The lowest BCUT2D eigenvalue weighted by Crippen LogP contribution is -2.74. The second-order valence-electron chi connectivity index (χ2n) is 9.86. The summed E-state index contributed by atoms with van der Waals surface area (Å²) < 4.78 is 22.9. The van der Waals surface area contributed by atoms with E-state index in [4.69, 9.17) is 17.6 Å². The van der Waals surface area contributed by atoms with Crippen molar-refractivity contribution in [1.29, 1.82) is 0 Å². The van der Waals surface area contributed by atoms with Crippen LogP contribution in [0.25, 0.3) is 0 Å². The van der Waals surface area contributed by atoms with Crippen LogP contribution in [0.1, 0.15) is 45.3 Å². The van der Waals surface area contributed by atoms with E-state index in [0.29, 0.717) is 15.0 Å². The minimum absolute atomic E-state index is 0.00755. The molecule has 3 atom stereocenters. The highest BCUT2D eigenvalue weighted by molar-refractivity contribution is 14.1. The molecule has 38 heavy (non-hydrogen) atoms. The number of nitrogens with zero attached hydrogens (tertiary/aromatic N) is 3. The minimum atomic E-state index is -1.62. The van der Waals surface area contributed by atoms with Gasteiger partial charge in [0.1, 0.15) is 28.4 Å². The molecule has 1 aromatic rings. The van der Waals surface area contributed by atoms with Crippen molar-refractivity contribution in [3.05, 3.63) is 27.4 Å². The Labute approximate surface area is 240 Å². The second-order valence-corrected chi connectivity index (χ2v) is 13.2. The molecule has 1 saturated heterocycles. The van der Waals surface area contributed by atoms with Gasteiger partial charge in [0.15, 0.2) is 5.71 Å². The van der Waals surface area contributed by atoms with Gasteiger partial charge >= 0.3 is 20.0 Å². The van der Waals surface area contributed by atoms with Gasteiger partial charge in [0.25, 0.3) is 11.8 Å². The predicted octanol–water partition coefficient (Wildman–Crippen LogP) is 1.02. The third kappa shape index (κ3) is 6.27. The van der Waals surface area contributed by atoms with Crippen LogP contribution < -0.4 is 5.32 Å². The van der Waals surface area contributed by atoms with E-state index in [0.717, 1.165) is 4.90 Å². The monoisotopic (exact) mass is 676 g/mol. The van der Waals surface area contributed by atoms with E-state index in [2.05, 4.69) is 20.1 Å². The zero-order valence-electron chi connectivity index (χ0n) is 21.5. The lowest BCUT2D eigenvalue weighted by atomic mass is 10.0. The summed E-state index contributed by atoms with van der Waals surface area (Å²) in [6, 6.07) is -1.22. The molecule has 3 rings (SSSR count). The topological polar surface area (TPSA) is 154 Å². The number of hydrogen-bond acceptors (Lipinski definition) is 11. The number of carbonyl (C=O) groups excluding carboxylic acids is 4. The number of β-lactam (4-membered cyclic amide) rings is 1. The predicted molar refractivity (Wildman–Crippen MR) is 148 cm³/mol. The van der Waals surface area contributed by atoms with Gasteiger partial charge in [0, 0.05) is 9.81 Å². The van der Waals surface area contributed by atoms with Gasteiger partial charge in [0.2, 0.25) is 5.60 Å². The average molecular weight is 676 g/mol. The molecule has 0 bridgehead atoms. The summed E-state index contributed by atoms with van der Waals surface area (Å²) in [6.07, 6.45) is 0. The molecule has 0 spiro atoms. The number of carbonyl (C=O) groups is 4. The maximum Gasteiger partial charge on any atom is 0.378 e. The van der Waals surface area contributed by atoms with E-state index < -0.39 is 57.2 Å². The van der Waals surface area contributed by atoms with E-state index in [9.17, 15) is 23.4 Å². The van der Waals surface area contributed by atoms with Crippen LogP contribution in [0.2, 0.25) is 0 Å². The van der Waals surface area contributed by atoms with Crippen LogP contribution in [-0.4, -0.2) is 84.4 Å². The molecular weight excluding hydrogens is 650 g/mol. The normalized spacial score (nSPS) is 21.9. The van der Waals surface area contributed by atoms with Gasteiger partial charge in [0.05, 0.1) is 21.6 Å². The molecule has 1 N–H and O–H groups in total. The summed E-state index contributed by atoms with van der Waals surface area (Å²) in [5.74, 6) is -3.15. The van der Waals surface area contributed by atoms with Crippen LogP contribution in [-0.2, 0) is 44.2 Å². The standard InChI is InChI=1S/C22H26BIN4O8S2/c1-10-25-12(8-37-10)13(27-36-22(5,6)20(32)34-21(2,3)4)16(29)26-14-17(30)28-15(19(31)35-23)11(7-24)9-38(33)18(14)28/h8,14,18H,7,9H2,1-6H3,(H,26,29)/b27-13+/t14-,18-,38?/m1/s1. The summed E-state index contributed by atoms with van der Waals surface area (Å²) in [5.41, 5.74) is -2.11. The Morgan fingerprint density at radius 3 is 2.50 bits per heavy atom. The van der Waals surface area contributed by atoms with Crippen molar-refractivity contribution in [1.82, 2.24) is 15.2 Å². The molecule has 2 aliphatic heterocycles. The van der Waals surface area contributed by atoms with Crippen molar-refractivity contribution in [2.75, 3.05) is 10.2 Å². The Kier molecular flexibility index (Phi) is 9.08. The van der Waals surface area contributed by atoms with Crippen molar-refractivity contribution in [2.45, 2.75) is 64.2 Å². The van der Waals surface area contributed by atoms with Crippen molar-refractivity contribution < 1.29 is 37.6 Å². The number of oxime groups is 1. The number of rotatable bonds is 8. The zero-order chi connectivity index (χ0) is 28.6. The Bertz CT molecular complexity index is 1260. The zero-order valence-corrected chi connectivity index (χ0v) is 25.3. The molecule has 1 unspecified atom stereocenters. The molecule has 2 amide bonds. The van der Waals surface area contributed by atoms with Gasteiger partial charge in [-0.05, 0) is 47.1 Å². The second kappa shape index (κ2) is 11.4. The Hall–Kier alpha value is -2.34. The average Bonchev–Trinajstić information content (AvgIpc) is 3.25. The number of aryl methyl sites for hydroxylation is 1. The highest BCUT2D eigenvalue weighted by Gasteiger charge is 2.57. The summed E-state index contributed by atoms with van der Waals surface area (Å²) in [7, 11) is 3.42. The molecule has 16 heteroatoms. The summed E-state index contributed by atoms with van der Waals surface area (Å²) in [6.45, 7) is 9.69. The fourth-order valence-electron chi connectivity index (χ4n) is 3.48. The molecule has 2 aliphatic rings. The Morgan fingerprint density at radius 2 is 1.97 bits per heavy atom.